The van der Waals surface area contributed by atoms with Crippen molar-refractivity contribution in [3.63, 3.8) is 0 Å². The summed E-state index contributed by atoms with van der Waals surface area (Å²) >= 11 is 0. The average molecular weight is 343 g/mol. The van der Waals surface area contributed by atoms with Gasteiger partial charge in [0.2, 0.25) is 5.88 Å². The molecule has 0 spiro atoms. The molecule has 1 heterocycles. The van der Waals surface area contributed by atoms with Crippen LogP contribution >= 0.6 is 0 Å². The predicted octanol–water partition coefficient (Wildman–Crippen LogP) is 3.57. The fourth-order valence-electron chi connectivity index (χ4n) is 1.72. The summed E-state index contributed by atoms with van der Waals surface area (Å²) < 4.78 is 55.5. The number of hydrogen-bond donors (Lipinski definition) is 0. The lowest BCUT2D eigenvalue weighted by Gasteiger charge is -2.11. The van der Waals surface area contributed by atoms with Gasteiger partial charge in [0.25, 0.3) is 0 Å². The van der Waals surface area contributed by atoms with Gasteiger partial charge in [-0.15, -0.1) is 13.2 Å². The minimum atomic E-state index is -4.81. The number of esters is 1. The summed E-state index contributed by atoms with van der Waals surface area (Å²) in [5, 5.41) is 0. The normalized spacial score (nSPS) is 10.9. The molecular weight excluding hydrogens is 331 g/mol. The molecule has 0 fully saturated rings. The average Bonchev–Trinajstić information content (AvgIpc) is 2.52. The summed E-state index contributed by atoms with van der Waals surface area (Å²) in [5.74, 6) is -0.917. The second kappa shape index (κ2) is 7.07. The maximum absolute atomic E-state index is 12.2. The van der Waals surface area contributed by atoms with Gasteiger partial charge < -0.3 is 18.9 Å². The number of hydrogen-bond acceptors (Lipinski definition) is 6. The van der Waals surface area contributed by atoms with Gasteiger partial charge in [-0.2, -0.15) is 0 Å². The van der Waals surface area contributed by atoms with Crippen molar-refractivity contribution in [1.29, 1.82) is 0 Å². The lowest BCUT2D eigenvalue weighted by atomic mass is 10.3. The molecule has 0 radical (unpaired) electrons. The minimum Gasteiger partial charge on any atom is -0.496 e. The third-order valence-corrected chi connectivity index (χ3v) is 2.67. The summed E-state index contributed by atoms with van der Waals surface area (Å²) in [6, 6.07) is 7.58. The molecule has 9 heteroatoms. The van der Waals surface area contributed by atoms with Gasteiger partial charge in [-0.25, -0.2) is 9.78 Å². The van der Waals surface area contributed by atoms with Crippen LogP contribution < -0.4 is 14.2 Å². The smallest absolute Gasteiger partial charge is 0.496 e. The van der Waals surface area contributed by atoms with Crippen LogP contribution in [0.1, 0.15) is 10.5 Å². The van der Waals surface area contributed by atoms with Gasteiger partial charge in [0.05, 0.1) is 14.2 Å². The molecule has 6 nitrogen and oxygen atoms in total. The van der Waals surface area contributed by atoms with E-state index in [1.54, 1.807) is 0 Å². The molecule has 0 saturated heterocycles. The third kappa shape index (κ3) is 4.77. The highest BCUT2D eigenvalue weighted by Gasteiger charge is 2.31. The standard InChI is InChI=1S/C15H12F3NO5/c1-21-11-7-12(14(20)22-2)19-13(8-11)23-9-4-3-5-10(6-9)24-15(16,17)18/h3-8H,1-2H3. The number of methoxy groups -OCH3 is 2. The maximum atomic E-state index is 12.2. The van der Waals surface area contributed by atoms with Crippen LogP contribution in [0.15, 0.2) is 36.4 Å². The molecule has 2 aromatic rings. The van der Waals surface area contributed by atoms with E-state index in [0.717, 1.165) is 12.1 Å². The molecule has 0 aliphatic rings. The topological polar surface area (TPSA) is 66.9 Å². The fourth-order valence-corrected chi connectivity index (χ4v) is 1.72. The van der Waals surface area contributed by atoms with Crippen molar-refractivity contribution in [3.05, 3.63) is 42.1 Å². The third-order valence-electron chi connectivity index (χ3n) is 2.67. The molecule has 0 amide bonds. The van der Waals surface area contributed by atoms with E-state index in [1.807, 2.05) is 0 Å². The molecule has 1 aromatic carbocycles. The van der Waals surface area contributed by atoms with Gasteiger partial charge in [-0.05, 0) is 12.1 Å². The van der Waals surface area contributed by atoms with Crippen molar-refractivity contribution in [2.75, 3.05) is 14.2 Å². The summed E-state index contributed by atoms with van der Waals surface area (Å²) in [6.45, 7) is 0. The second-order valence-corrected chi connectivity index (χ2v) is 4.35. The number of alkyl halides is 3. The number of pyridine rings is 1. The molecule has 0 atom stereocenters. The van der Waals surface area contributed by atoms with Crippen molar-refractivity contribution in [2.24, 2.45) is 0 Å². The van der Waals surface area contributed by atoms with Gasteiger partial charge in [-0.1, -0.05) is 6.07 Å². The first-order valence-corrected chi connectivity index (χ1v) is 6.49. The van der Waals surface area contributed by atoms with E-state index in [2.05, 4.69) is 14.5 Å². The Morgan fingerprint density at radius 1 is 1.04 bits per heavy atom. The SMILES string of the molecule is COC(=O)c1cc(OC)cc(Oc2cccc(OC(F)(F)F)c2)n1. The highest BCUT2D eigenvalue weighted by molar-refractivity contribution is 5.87. The summed E-state index contributed by atoms with van der Waals surface area (Å²) in [6.07, 6.45) is -4.81. The van der Waals surface area contributed by atoms with E-state index in [-0.39, 0.29) is 23.1 Å². The zero-order valence-corrected chi connectivity index (χ0v) is 12.6. The molecule has 2 rings (SSSR count). The Morgan fingerprint density at radius 2 is 1.75 bits per heavy atom. The Morgan fingerprint density at radius 3 is 2.38 bits per heavy atom. The number of carbonyl (C=O) groups excluding carboxylic acids is 1. The van der Waals surface area contributed by atoms with Crippen molar-refractivity contribution >= 4 is 5.97 Å². The number of aromatic nitrogens is 1. The molecule has 24 heavy (non-hydrogen) atoms. The molecular formula is C15H12F3NO5. The van der Waals surface area contributed by atoms with Gasteiger partial charge >= 0.3 is 12.3 Å². The second-order valence-electron chi connectivity index (χ2n) is 4.35. The van der Waals surface area contributed by atoms with E-state index in [1.165, 1.54) is 38.5 Å². The minimum absolute atomic E-state index is 0.0355. The molecule has 0 saturated carbocycles. The van der Waals surface area contributed by atoms with Crippen molar-refractivity contribution in [1.82, 2.24) is 4.98 Å². The van der Waals surface area contributed by atoms with E-state index in [9.17, 15) is 18.0 Å². The van der Waals surface area contributed by atoms with Crippen LogP contribution in [0.4, 0.5) is 13.2 Å². The number of nitrogens with zero attached hydrogens (tertiary/aromatic N) is 1. The van der Waals surface area contributed by atoms with Gasteiger partial charge in [0.15, 0.2) is 5.69 Å². The number of rotatable bonds is 5. The van der Waals surface area contributed by atoms with Gasteiger partial charge in [-0.3, -0.25) is 0 Å². The molecule has 128 valence electrons. The number of carbonyl (C=O) groups is 1. The van der Waals surface area contributed by atoms with E-state index >= 15 is 0 Å². The van der Waals surface area contributed by atoms with Crippen molar-refractivity contribution in [3.8, 4) is 23.1 Å². The molecule has 0 N–H and O–H groups in total. The van der Waals surface area contributed by atoms with Gasteiger partial charge in [0.1, 0.15) is 17.2 Å². The van der Waals surface area contributed by atoms with Crippen LogP contribution in [0, 0.1) is 0 Å². The Labute approximate surface area is 134 Å². The Kier molecular flexibility index (Phi) is 5.12. The van der Waals surface area contributed by atoms with Crippen molar-refractivity contribution in [2.45, 2.75) is 6.36 Å². The first-order valence-electron chi connectivity index (χ1n) is 6.49. The molecule has 1 aromatic heterocycles. The monoisotopic (exact) mass is 343 g/mol. The summed E-state index contributed by atoms with van der Waals surface area (Å²) in [7, 11) is 2.56. The van der Waals surface area contributed by atoms with Crippen molar-refractivity contribution < 1.29 is 36.9 Å². The van der Waals surface area contributed by atoms with Crippen LogP contribution in [-0.4, -0.2) is 31.5 Å². The Bertz CT molecular complexity index is 733. The lowest BCUT2D eigenvalue weighted by molar-refractivity contribution is -0.274. The van der Waals surface area contributed by atoms with E-state index in [0.29, 0.717) is 0 Å². The summed E-state index contributed by atoms with van der Waals surface area (Å²) in [5.41, 5.74) is -0.0745. The molecule has 0 aliphatic heterocycles. The van der Waals surface area contributed by atoms with Gasteiger partial charge in [0, 0.05) is 18.2 Å². The molecule has 0 unspecified atom stereocenters. The van der Waals surface area contributed by atoms with Crippen LogP contribution in [0.2, 0.25) is 0 Å². The Balaban J connectivity index is 2.27. The van der Waals surface area contributed by atoms with Crippen LogP contribution in [0.3, 0.4) is 0 Å². The number of benzene rings is 1. The zero-order valence-electron chi connectivity index (χ0n) is 12.6. The van der Waals surface area contributed by atoms with Crippen LogP contribution in [-0.2, 0) is 4.74 Å². The van der Waals surface area contributed by atoms with Crippen LogP contribution in [0.25, 0.3) is 0 Å². The Hall–Kier alpha value is -2.97. The predicted molar refractivity (Wildman–Crippen MR) is 75.3 cm³/mol. The van der Waals surface area contributed by atoms with E-state index < -0.39 is 18.1 Å². The number of halogens is 3. The van der Waals surface area contributed by atoms with E-state index in [4.69, 9.17) is 9.47 Å². The lowest BCUT2D eigenvalue weighted by Crippen LogP contribution is -2.17. The fraction of sp³-hybridized carbons (Fsp3) is 0.200. The quantitative estimate of drug-likeness (QED) is 0.773. The molecule has 0 bridgehead atoms. The molecule has 0 aliphatic carbocycles. The maximum Gasteiger partial charge on any atom is 0.573 e. The first kappa shape index (κ1) is 17.4. The number of ether oxygens (including phenoxy) is 4. The highest BCUT2D eigenvalue weighted by atomic mass is 19.4. The van der Waals surface area contributed by atoms with Crippen LogP contribution in [0.5, 0.6) is 23.1 Å². The largest absolute Gasteiger partial charge is 0.573 e. The first-order chi connectivity index (χ1) is 11.3. The zero-order chi connectivity index (χ0) is 17.7. The summed E-state index contributed by atoms with van der Waals surface area (Å²) in [4.78, 5) is 15.5. The highest BCUT2D eigenvalue weighted by Crippen LogP contribution is 2.29.